The fraction of sp³-hybridized carbons (Fsp3) is 0.462. The smallest absolute Gasteiger partial charge is 0.271 e. The van der Waals surface area contributed by atoms with Gasteiger partial charge in [0.25, 0.3) is 5.69 Å². The molecule has 0 radical (unpaired) electrons. The third-order valence-electron chi connectivity index (χ3n) is 2.86. The fourth-order valence-electron chi connectivity index (χ4n) is 1.68. The van der Waals surface area contributed by atoms with E-state index in [-0.39, 0.29) is 24.2 Å². The monoisotopic (exact) mass is 265 g/mol. The van der Waals surface area contributed by atoms with E-state index in [1.54, 1.807) is 12.1 Å². The molecule has 6 nitrogen and oxygen atoms in total. The molecule has 0 unspecified atom stereocenters. The maximum atomic E-state index is 11.7. The van der Waals surface area contributed by atoms with Gasteiger partial charge in [0.05, 0.1) is 11.5 Å². The highest BCUT2D eigenvalue weighted by atomic mass is 16.6. The molecule has 0 atom stereocenters. The Kier molecular flexibility index (Phi) is 5.78. The number of rotatable bonds is 7. The van der Waals surface area contributed by atoms with Crippen molar-refractivity contribution in [1.82, 2.24) is 5.32 Å². The van der Waals surface area contributed by atoms with Crippen molar-refractivity contribution in [3.05, 3.63) is 34.4 Å². The molecule has 19 heavy (non-hydrogen) atoms. The topological polar surface area (TPSA) is 84.3 Å². The number of carbonyl (C=O) groups excluding carboxylic acids is 1. The molecule has 0 bridgehead atoms. The summed E-state index contributed by atoms with van der Waals surface area (Å²) < 4.78 is 0. The van der Waals surface area contributed by atoms with Crippen LogP contribution in [-0.4, -0.2) is 23.4 Å². The minimum Gasteiger partial charge on any atom is -0.376 e. The number of benzene rings is 1. The lowest BCUT2D eigenvalue weighted by atomic mass is 10.2. The summed E-state index contributed by atoms with van der Waals surface area (Å²) in [4.78, 5) is 21.8. The van der Waals surface area contributed by atoms with E-state index in [4.69, 9.17) is 0 Å². The number of nitro groups is 1. The van der Waals surface area contributed by atoms with Crippen LogP contribution in [0.4, 0.5) is 11.4 Å². The standard InChI is InChI=1S/C13H19N3O3/c1-3-10(4-2)15-13(17)9-14-11-6-5-7-12(8-11)16(18)19/h5-8,10,14H,3-4,9H2,1-2H3,(H,15,17). The summed E-state index contributed by atoms with van der Waals surface area (Å²) in [7, 11) is 0. The lowest BCUT2D eigenvalue weighted by Gasteiger charge is -2.15. The van der Waals surface area contributed by atoms with E-state index in [1.165, 1.54) is 12.1 Å². The van der Waals surface area contributed by atoms with Gasteiger partial charge in [-0.05, 0) is 18.9 Å². The average Bonchev–Trinajstić information content (AvgIpc) is 2.42. The number of nitrogens with zero attached hydrogens (tertiary/aromatic N) is 1. The van der Waals surface area contributed by atoms with Gasteiger partial charge in [-0.15, -0.1) is 0 Å². The molecule has 1 rings (SSSR count). The molecule has 0 aliphatic rings. The summed E-state index contributed by atoms with van der Waals surface area (Å²) in [5.41, 5.74) is 0.569. The van der Waals surface area contributed by atoms with Gasteiger partial charge in [-0.25, -0.2) is 0 Å². The van der Waals surface area contributed by atoms with E-state index in [0.29, 0.717) is 5.69 Å². The Morgan fingerprint density at radius 1 is 1.37 bits per heavy atom. The molecular formula is C13H19N3O3. The van der Waals surface area contributed by atoms with Gasteiger partial charge in [0, 0.05) is 23.9 Å². The Morgan fingerprint density at radius 2 is 2.05 bits per heavy atom. The summed E-state index contributed by atoms with van der Waals surface area (Å²) in [5.74, 6) is -0.111. The minimum atomic E-state index is -0.463. The molecule has 0 saturated heterocycles. The van der Waals surface area contributed by atoms with E-state index in [2.05, 4.69) is 10.6 Å². The predicted molar refractivity (Wildman–Crippen MR) is 74.1 cm³/mol. The molecular weight excluding hydrogens is 246 g/mol. The number of amides is 1. The first-order valence-corrected chi connectivity index (χ1v) is 6.34. The molecule has 6 heteroatoms. The number of anilines is 1. The number of non-ortho nitro benzene ring substituents is 1. The molecule has 0 heterocycles. The number of nitro benzene ring substituents is 1. The molecule has 0 aliphatic heterocycles. The van der Waals surface area contributed by atoms with Crippen molar-refractivity contribution in [2.75, 3.05) is 11.9 Å². The van der Waals surface area contributed by atoms with Crippen LogP contribution < -0.4 is 10.6 Å². The van der Waals surface area contributed by atoms with E-state index in [1.807, 2.05) is 13.8 Å². The van der Waals surface area contributed by atoms with E-state index >= 15 is 0 Å². The zero-order valence-corrected chi connectivity index (χ0v) is 11.2. The van der Waals surface area contributed by atoms with Gasteiger partial charge in [0.2, 0.25) is 5.91 Å². The molecule has 1 amide bonds. The van der Waals surface area contributed by atoms with Crippen LogP contribution in [0.1, 0.15) is 26.7 Å². The summed E-state index contributed by atoms with van der Waals surface area (Å²) in [6.07, 6.45) is 1.78. The molecule has 0 saturated carbocycles. The molecule has 1 aromatic carbocycles. The maximum Gasteiger partial charge on any atom is 0.271 e. The molecule has 2 N–H and O–H groups in total. The van der Waals surface area contributed by atoms with Gasteiger partial charge < -0.3 is 10.6 Å². The number of hydrogen-bond donors (Lipinski definition) is 2. The van der Waals surface area contributed by atoms with Crippen LogP contribution >= 0.6 is 0 Å². The van der Waals surface area contributed by atoms with Crippen molar-refractivity contribution in [2.45, 2.75) is 32.7 Å². The minimum absolute atomic E-state index is 0.00500. The first kappa shape index (κ1) is 14.9. The Balaban J connectivity index is 2.50. The number of nitrogens with one attached hydrogen (secondary N) is 2. The second-order valence-electron chi connectivity index (χ2n) is 4.24. The molecule has 0 aliphatic carbocycles. The first-order valence-electron chi connectivity index (χ1n) is 6.34. The fourth-order valence-corrected chi connectivity index (χ4v) is 1.68. The summed E-state index contributed by atoms with van der Waals surface area (Å²) in [5, 5.41) is 16.4. The van der Waals surface area contributed by atoms with Crippen molar-refractivity contribution < 1.29 is 9.72 Å². The Hall–Kier alpha value is -2.11. The number of hydrogen-bond acceptors (Lipinski definition) is 4. The largest absolute Gasteiger partial charge is 0.376 e. The Bertz CT molecular complexity index is 445. The van der Waals surface area contributed by atoms with Crippen LogP contribution in [0.15, 0.2) is 24.3 Å². The Labute approximate surface area is 112 Å². The van der Waals surface area contributed by atoms with Crippen LogP contribution in [-0.2, 0) is 4.79 Å². The van der Waals surface area contributed by atoms with E-state index < -0.39 is 4.92 Å². The van der Waals surface area contributed by atoms with E-state index in [0.717, 1.165) is 12.8 Å². The second kappa shape index (κ2) is 7.35. The molecule has 104 valence electrons. The third-order valence-corrected chi connectivity index (χ3v) is 2.86. The molecule has 0 spiro atoms. The zero-order chi connectivity index (χ0) is 14.3. The van der Waals surface area contributed by atoms with Gasteiger partial charge in [-0.2, -0.15) is 0 Å². The van der Waals surface area contributed by atoms with Crippen molar-refractivity contribution >= 4 is 17.3 Å². The van der Waals surface area contributed by atoms with Crippen LogP contribution in [0.5, 0.6) is 0 Å². The Morgan fingerprint density at radius 3 is 2.63 bits per heavy atom. The molecule has 0 fully saturated rings. The van der Waals surface area contributed by atoms with Crippen molar-refractivity contribution in [2.24, 2.45) is 0 Å². The second-order valence-corrected chi connectivity index (χ2v) is 4.24. The van der Waals surface area contributed by atoms with Crippen LogP contribution in [0, 0.1) is 10.1 Å². The van der Waals surface area contributed by atoms with Crippen molar-refractivity contribution in [3.63, 3.8) is 0 Å². The highest BCUT2D eigenvalue weighted by molar-refractivity contribution is 5.81. The number of carbonyl (C=O) groups is 1. The summed E-state index contributed by atoms with van der Waals surface area (Å²) in [6, 6.07) is 6.27. The third kappa shape index (κ3) is 4.95. The van der Waals surface area contributed by atoms with Crippen LogP contribution in [0.2, 0.25) is 0 Å². The quantitative estimate of drug-likeness (QED) is 0.585. The normalized spacial score (nSPS) is 10.3. The van der Waals surface area contributed by atoms with Gasteiger partial charge in [-0.3, -0.25) is 14.9 Å². The summed E-state index contributed by atoms with van der Waals surface area (Å²) in [6.45, 7) is 4.14. The predicted octanol–water partition coefficient (Wildman–Crippen LogP) is 2.31. The molecule has 0 aromatic heterocycles. The van der Waals surface area contributed by atoms with Gasteiger partial charge in [0.15, 0.2) is 0 Å². The molecule has 1 aromatic rings. The zero-order valence-electron chi connectivity index (χ0n) is 11.2. The SMILES string of the molecule is CCC(CC)NC(=O)CNc1cccc([N+](=O)[O-])c1. The maximum absolute atomic E-state index is 11.7. The average molecular weight is 265 g/mol. The van der Waals surface area contributed by atoms with Crippen LogP contribution in [0.25, 0.3) is 0 Å². The lowest BCUT2D eigenvalue weighted by molar-refractivity contribution is -0.384. The highest BCUT2D eigenvalue weighted by Gasteiger charge is 2.09. The van der Waals surface area contributed by atoms with Gasteiger partial charge in [-0.1, -0.05) is 19.9 Å². The van der Waals surface area contributed by atoms with Crippen molar-refractivity contribution in [3.8, 4) is 0 Å². The van der Waals surface area contributed by atoms with Gasteiger partial charge >= 0.3 is 0 Å². The van der Waals surface area contributed by atoms with Crippen molar-refractivity contribution in [1.29, 1.82) is 0 Å². The first-order chi connectivity index (χ1) is 9.06. The lowest BCUT2D eigenvalue weighted by Crippen LogP contribution is -2.37. The van der Waals surface area contributed by atoms with Gasteiger partial charge in [0.1, 0.15) is 0 Å². The van der Waals surface area contributed by atoms with Crippen LogP contribution in [0.3, 0.4) is 0 Å². The van der Waals surface area contributed by atoms with E-state index in [9.17, 15) is 14.9 Å². The highest BCUT2D eigenvalue weighted by Crippen LogP contribution is 2.16. The summed E-state index contributed by atoms with van der Waals surface area (Å²) >= 11 is 0.